The first-order valence-electron chi connectivity index (χ1n) is 13.8. The molecule has 6 rings (SSSR count). The van der Waals surface area contributed by atoms with Crippen LogP contribution in [0.15, 0.2) is 65.7 Å². The summed E-state index contributed by atoms with van der Waals surface area (Å²) in [4.78, 5) is 27.1. The summed E-state index contributed by atoms with van der Waals surface area (Å²) in [6, 6.07) is 18.3. The van der Waals surface area contributed by atoms with Crippen LogP contribution in [0, 0.1) is 0 Å². The molecule has 1 aromatic heterocycles. The Hall–Kier alpha value is -4.17. The van der Waals surface area contributed by atoms with E-state index < -0.39 is 0 Å². The number of pyridine rings is 1. The summed E-state index contributed by atoms with van der Waals surface area (Å²) in [5.41, 5.74) is 7.20. The zero-order valence-electron chi connectivity index (χ0n) is 22.3. The molecule has 4 heterocycles. The molecule has 2 saturated heterocycles. The quantitative estimate of drug-likeness (QED) is 0.443. The molecule has 2 N–H and O–H groups in total. The summed E-state index contributed by atoms with van der Waals surface area (Å²) in [7, 11) is 0. The number of ether oxygens (including phenoxy) is 1. The van der Waals surface area contributed by atoms with Crippen LogP contribution in [0.1, 0.15) is 42.1 Å². The molecule has 2 fully saturated rings. The van der Waals surface area contributed by atoms with E-state index in [1.807, 2.05) is 48.2 Å². The number of morpholine rings is 1. The molecule has 3 aliphatic heterocycles. The zero-order valence-corrected chi connectivity index (χ0v) is 22.3. The first-order chi connectivity index (χ1) is 19.2. The molecule has 8 heteroatoms. The lowest BCUT2D eigenvalue weighted by Crippen LogP contribution is -2.36. The summed E-state index contributed by atoms with van der Waals surface area (Å²) in [5.74, 6) is 0.807. The lowest BCUT2D eigenvalue weighted by molar-refractivity contribution is 0.0724. The van der Waals surface area contributed by atoms with Crippen molar-refractivity contribution in [1.29, 1.82) is 0 Å². The predicted molar refractivity (Wildman–Crippen MR) is 158 cm³/mol. The van der Waals surface area contributed by atoms with E-state index in [0.717, 1.165) is 86.1 Å². The number of carbonyl (C=O) groups excluding carboxylic acids is 1. The normalized spacial score (nSPS) is 18.0. The van der Waals surface area contributed by atoms with Crippen molar-refractivity contribution < 1.29 is 9.53 Å². The van der Waals surface area contributed by atoms with Gasteiger partial charge in [0, 0.05) is 48.7 Å². The molecule has 39 heavy (non-hydrogen) atoms. The Kier molecular flexibility index (Phi) is 7.27. The molecule has 200 valence electrons. The monoisotopic (exact) mass is 522 g/mol. The highest BCUT2D eigenvalue weighted by atomic mass is 16.5. The van der Waals surface area contributed by atoms with E-state index in [-0.39, 0.29) is 5.91 Å². The van der Waals surface area contributed by atoms with Crippen molar-refractivity contribution in [2.75, 3.05) is 54.9 Å². The first kappa shape index (κ1) is 25.1. The van der Waals surface area contributed by atoms with Crippen LogP contribution in [-0.4, -0.2) is 61.5 Å². The molecule has 0 aliphatic carbocycles. The predicted octanol–water partition coefficient (Wildman–Crippen LogP) is 5.77. The fourth-order valence-electron chi connectivity index (χ4n) is 5.42. The van der Waals surface area contributed by atoms with Crippen LogP contribution in [0.4, 0.5) is 22.9 Å². The number of rotatable bonds is 5. The van der Waals surface area contributed by atoms with Crippen LogP contribution in [0.25, 0.3) is 17.0 Å². The second-order valence-electron chi connectivity index (χ2n) is 10.1. The van der Waals surface area contributed by atoms with E-state index >= 15 is 0 Å². The van der Waals surface area contributed by atoms with Crippen LogP contribution in [0.3, 0.4) is 0 Å². The Balaban J connectivity index is 1.33. The number of anilines is 4. The molecule has 0 atom stereocenters. The molecule has 0 bridgehead atoms. The van der Waals surface area contributed by atoms with Gasteiger partial charge in [0.25, 0.3) is 5.91 Å². The molecular weight excluding hydrogens is 488 g/mol. The molecule has 1 amide bonds. The Bertz CT molecular complexity index is 1400. The van der Waals surface area contributed by atoms with Crippen molar-refractivity contribution >= 4 is 40.8 Å². The Morgan fingerprint density at radius 1 is 1.00 bits per heavy atom. The van der Waals surface area contributed by atoms with Gasteiger partial charge in [0.15, 0.2) is 0 Å². The number of piperidine rings is 1. The lowest BCUT2D eigenvalue weighted by atomic mass is 10.0. The van der Waals surface area contributed by atoms with Crippen molar-refractivity contribution in [3.05, 3.63) is 71.8 Å². The number of allylic oxidation sites excluding steroid dienone is 1. The van der Waals surface area contributed by atoms with Crippen molar-refractivity contribution in [2.24, 2.45) is 4.99 Å². The second-order valence-corrected chi connectivity index (χ2v) is 10.1. The van der Waals surface area contributed by atoms with Crippen LogP contribution in [0.5, 0.6) is 0 Å². The van der Waals surface area contributed by atoms with Gasteiger partial charge in [0.2, 0.25) is 0 Å². The Morgan fingerprint density at radius 3 is 2.56 bits per heavy atom. The van der Waals surface area contributed by atoms with E-state index in [2.05, 4.69) is 44.8 Å². The average Bonchev–Trinajstić information content (AvgIpc) is 3.01. The lowest BCUT2D eigenvalue weighted by Gasteiger charge is -2.29. The number of fused-ring (bicyclic) bond motifs is 1. The maximum absolute atomic E-state index is 13.2. The standard InChI is InChI=1S/C31H34N6O2/c1-2-26-29-28(33-21-32-26)20-27(22-7-6-8-23(19-22)31(38)37-13-4-3-5-14-37)35-30(29)34-24-9-11-25(12-10-24)36-15-17-39-18-16-36/h2,6-12,19-21H,3-5,13-18H2,1H3,(H,32,33)(H,34,35)/b26-2+. The van der Waals surface area contributed by atoms with Gasteiger partial charge in [-0.1, -0.05) is 18.2 Å². The summed E-state index contributed by atoms with van der Waals surface area (Å²) >= 11 is 0. The van der Waals surface area contributed by atoms with Gasteiger partial charge < -0.3 is 25.2 Å². The van der Waals surface area contributed by atoms with Crippen LogP contribution < -0.4 is 15.5 Å². The van der Waals surface area contributed by atoms with E-state index in [4.69, 9.17) is 9.72 Å². The highest BCUT2D eigenvalue weighted by molar-refractivity contribution is 5.99. The number of hydrogen-bond acceptors (Lipinski definition) is 7. The van der Waals surface area contributed by atoms with E-state index in [1.165, 1.54) is 12.1 Å². The molecule has 2 aromatic carbocycles. The molecule has 3 aliphatic rings. The molecular formula is C31H34N6O2. The summed E-state index contributed by atoms with van der Waals surface area (Å²) in [5, 5.41) is 6.84. The third kappa shape index (κ3) is 5.38. The van der Waals surface area contributed by atoms with Crippen molar-refractivity contribution in [2.45, 2.75) is 26.2 Å². The highest BCUT2D eigenvalue weighted by Crippen LogP contribution is 2.38. The maximum atomic E-state index is 13.2. The van der Waals surface area contributed by atoms with Gasteiger partial charge in [-0.15, -0.1) is 0 Å². The molecule has 0 radical (unpaired) electrons. The number of hydrogen-bond donors (Lipinski definition) is 2. The molecule has 0 unspecified atom stereocenters. The van der Waals surface area contributed by atoms with Crippen molar-refractivity contribution in [3.8, 4) is 11.3 Å². The summed E-state index contributed by atoms with van der Waals surface area (Å²) < 4.78 is 5.49. The van der Waals surface area contributed by atoms with Crippen LogP contribution in [-0.2, 0) is 4.74 Å². The number of benzene rings is 2. The number of likely N-dealkylation sites (tertiary alicyclic amines) is 1. The van der Waals surface area contributed by atoms with Crippen molar-refractivity contribution in [3.63, 3.8) is 0 Å². The van der Waals surface area contributed by atoms with Crippen LogP contribution in [0.2, 0.25) is 0 Å². The number of nitrogens with zero attached hydrogens (tertiary/aromatic N) is 4. The van der Waals surface area contributed by atoms with Gasteiger partial charge in [0.1, 0.15) is 5.82 Å². The van der Waals surface area contributed by atoms with E-state index in [1.54, 1.807) is 6.34 Å². The van der Waals surface area contributed by atoms with E-state index in [9.17, 15) is 4.79 Å². The number of nitrogens with one attached hydrogen (secondary N) is 2. The van der Waals surface area contributed by atoms with Gasteiger partial charge in [-0.3, -0.25) is 4.79 Å². The van der Waals surface area contributed by atoms with Gasteiger partial charge in [-0.25, -0.2) is 9.98 Å². The Morgan fingerprint density at radius 2 is 1.79 bits per heavy atom. The minimum atomic E-state index is 0.0923. The molecule has 8 nitrogen and oxygen atoms in total. The number of aromatic nitrogens is 1. The Labute approximate surface area is 229 Å². The van der Waals surface area contributed by atoms with Gasteiger partial charge in [0.05, 0.1) is 42.2 Å². The summed E-state index contributed by atoms with van der Waals surface area (Å²) in [6.07, 6.45) is 7.03. The van der Waals surface area contributed by atoms with Gasteiger partial charge in [-0.2, -0.15) is 0 Å². The van der Waals surface area contributed by atoms with Gasteiger partial charge >= 0.3 is 0 Å². The molecule has 0 saturated carbocycles. The molecule has 0 spiro atoms. The smallest absolute Gasteiger partial charge is 0.253 e. The van der Waals surface area contributed by atoms with Gasteiger partial charge in [-0.05, 0) is 68.7 Å². The minimum Gasteiger partial charge on any atom is -0.378 e. The fraction of sp³-hybridized carbons (Fsp3) is 0.323. The summed E-state index contributed by atoms with van der Waals surface area (Å²) in [6.45, 7) is 6.95. The largest absolute Gasteiger partial charge is 0.378 e. The third-order valence-corrected chi connectivity index (χ3v) is 7.53. The van der Waals surface area contributed by atoms with Crippen LogP contribution >= 0.6 is 0 Å². The molecule has 3 aromatic rings. The van der Waals surface area contributed by atoms with E-state index in [0.29, 0.717) is 11.4 Å². The topological polar surface area (TPSA) is 82.1 Å². The SMILES string of the molecule is C/C=C1/N=CNc2cc(-c3cccc(C(=O)N4CCCCC4)c3)nc(Nc3ccc(N4CCOCC4)cc3)c21. The first-order valence-corrected chi connectivity index (χ1v) is 13.8. The highest BCUT2D eigenvalue weighted by Gasteiger charge is 2.22. The number of amides is 1. The zero-order chi connectivity index (χ0) is 26.6. The fourth-order valence-corrected chi connectivity index (χ4v) is 5.42. The average molecular weight is 523 g/mol. The number of aliphatic imine (C=N–C) groups is 1. The maximum Gasteiger partial charge on any atom is 0.253 e. The third-order valence-electron chi connectivity index (χ3n) is 7.53. The second kappa shape index (κ2) is 11.3. The number of carbonyl (C=O) groups is 1. The minimum absolute atomic E-state index is 0.0923. The van der Waals surface area contributed by atoms with Crippen molar-refractivity contribution in [1.82, 2.24) is 9.88 Å².